The summed E-state index contributed by atoms with van der Waals surface area (Å²) in [4.78, 5) is 28.0. The summed E-state index contributed by atoms with van der Waals surface area (Å²) in [7, 11) is 0. The molecule has 0 bridgehead atoms. The van der Waals surface area contributed by atoms with E-state index in [4.69, 9.17) is 9.84 Å². The van der Waals surface area contributed by atoms with E-state index >= 15 is 0 Å². The smallest absolute Gasteiger partial charge is 0.306 e. The van der Waals surface area contributed by atoms with Crippen molar-refractivity contribution in [3.05, 3.63) is 24.0 Å². The molecule has 0 aromatic carbocycles. The van der Waals surface area contributed by atoms with E-state index in [1.165, 1.54) is 23.4 Å². The highest BCUT2D eigenvalue weighted by Gasteiger charge is 2.27. The van der Waals surface area contributed by atoms with Crippen LogP contribution in [0.15, 0.2) is 18.5 Å². The van der Waals surface area contributed by atoms with Crippen LogP contribution in [0.2, 0.25) is 0 Å². The number of aliphatic carboxylic acids is 1. The molecular weight excluding hydrogens is 252 g/mol. The summed E-state index contributed by atoms with van der Waals surface area (Å²) in [5.74, 6) is -1.50. The average Bonchev–Trinajstić information content (AvgIpc) is 2.38. The Kier molecular flexibility index (Phi) is 3.96. The molecule has 19 heavy (non-hydrogen) atoms. The molecule has 0 saturated carbocycles. The molecule has 0 aliphatic carbocycles. The maximum absolute atomic E-state index is 12.2. The number of rotatable bonds is 3. The fraction of sp³-hybridized carbons (Fsp3) is 0.417. The third kappa shape index (κ3) is 3.19. The molecule has 1 amide bonds. The zero-order valence-electron chi connectivity index (χ0n) is 10.2. The Morgan fingerprint density at radius 2 is 2.32 bits per heavy atom. The number of hydrogen-bond donors (Lipinski definition) is 2. The highest BCUT2D eigenvalue weighted by Crippen LogP contribution is 2.18. The fourth-order valence-corrected chi connectivity index (χ4v) is 1.96. The predicted octanol–water partition coefficient (Wildman–Crippen LogP) is 0.103. The Labute approximate surface area is 109 Å². The Morgan fingerprint density at radius 3 is 3.00 bits per heavy atom. The molecule has 1 aliphatic heterocycles. The number of hydrogen-bond acceptors (Lipinski definition) is 5. The van der Waals surface area contributed by atoms with Gasteiger partial charge in [0.1, 0.15) is 5.75 Å². The van der Waals surface area contributed by atoms with Gasteiger partial charge in [0.25, 0.3) is 5.91 Å². The van der Waals surface area contributed by atoms with Crippen LogP contribution in [0, 0.1) is 0 Å². The first-order valence-electron chi connectivity index (χ1n) is 5.83. The molecule has 0 radical (unpaired) electrons. The van der Waals surface area contributed by atoms with Crippen LogP contribution in [-0.2, 0) is 9.53 Å². The number of amides is 1. The molecule has 1 aromatic heterocycles. The number of aromatic nitrogens is 1. The number of carboxylic acid groups (broad SMARTS) is 1. The lowest BCUT2D eigenvalue weighted by molar-refractivity contribution is -0.141. The number of morpholine rings is 1. The number of carbonyl (C=O) groups is 2. The predicted molar refractivity (Wildman–Crippen MR) is 63.8 cm³/mol. The minimum absolute atomic E-state index is 0.147. The quantitative estimate of drug-likeness (QED) is 0.805. The molecule has 7 heteroatoms. The monoisotopic (exact) mass is 266 g/mol. The molecule has 2 N–H and O–H groups in total. The summed E-state index contributed by atoms with van der Waals surface area (Å²) < 4.78 is 5.29. The van der Waals surface area contributed by atoms with E-state index in [1.807, 2.05) is 0 Å². The second-order valence-electron chi connectivity index (χ2n) is 4.23. The number of carbonyl (C=O) groups excluding carboxylic acids is 1. The van der Waals surface area contributed by atoms with Gasteiger partial charge in [0.2, 0.25) is 0 Å². The summed E-state index contributed by atoms with van der Waals surface area (Å²) in [6.07, 6.45) is 1.95. The summed E-state index contributed by atoms with van der Waals surface area (Å²) in [5, 5.41) is 18.3. The van der Waals surface area contributed by atoms with Crippen LogP contribution in [0.5, 0.6) is 5.75 Å². The average molecular weight is 266 g/mol. The maximum Gasteiger partial charge on any atom is 0.306 e. The topological polar surface area (TPSA) is 100.0 Å². The number of ether oxygens (including phenoxy) is 1. The third-order valence-electron chi connectivity index (χ3n) is 2.86. The molecule has 1 unspecified atom stereocenters. The van der Waals surface area contributed by atoms with E-state index in [-0.39, 0.29) is 36.8 Å². The number of aromatic hydroxyl groups is 1. The highest BCUT2D eigenvalue weighted by molar-refractivity contribution is 5.96. The van der Waals surface area contributed by atoms with Gasteiger partial charge < -0.3 is 19.8 Å². The Bertz CT molecular complexity index is 491. The molecule has 1 fully saturated rings. The Hall–Kier alpha value is -2.15. The van der Waals surface area contributed by atoms with Crippen LogP contribution in [0.4, 0.5) is 0 Å². The first-order chi connectivity index (χ1) is 9.08. The van der Waals surface area contributed by atoms with Crippen molar-refractivity contribution in [3.63, 3.8) is 0 Å². The summed E-state index contributed by atoms with van der Waals surface area (Å²) in [5.41, 5.74) is 0.158. The summed E-state index contributed by atoms with van der Waals surface area (Å²) in [6, 6.07) is 1.43. The first kappa shape index (κ1) is 13.3. The normalized spacial score (nSPS) is 19.2. The molecule has 2 rings (SSSR count). The van der Waals surface area contributed by atoms with Crippen LogP contribution in [0.25, 0.3) is 0 Å². The number of carboxylic acids is 1. The molecule has 0 spiro atoms. The lowest BCUT2D eigenvalue weighted by atomic mass is 10.1. The van der Waals surface area contributed by atoms with Crippen molar-refractivity contribution in [1.29, 1.82) is 0 Å². The van der Waals surface area contributed by atoms with Crippen LogP contribution in [-0.4, -0.2) is 57.8 Å². The van der Waals surface area contributed by atoms with Gasteiger partial charge in [-0.25, -0.2) is 0 Å². The van der Waals surface area contributed by atoms with Crippen molar-refractivity contribution in [2.75, 3.05) is 19.7 Å². The summed E-state index contributed by atoms with van der Waals surface area (Å²) >= 11 is 0. The standard InChI is InChI=1S/C12H14N2O5/c15-10-6-13-2-1-9(10)12(18)14-3-4-19-8(7-14)5-11(16)17/h1-2,6,8,15H,3-5,7H2,(H,16,17). The van der Waals surface area contributed by atoms with Crippen molar-refractivity contribution in [1.82, 2.24) is 9.88 Å². The highest BCUT2D eigenvalue weighted by atomic mass is 16.5. The van der Waals surface area contributed by atoms with Gasteiger partial charge in [-0.1, -0.05) is 0 Å². The zero-order valence-corrected chi connectivity index (χ0v) is 10.2. The second-order valence-corrected chi connectivity index (χ2v) is 4.23. The first-order valence-corrected chi connectivity index (χ1v) is 5.83. The van der Waals surface area contributed by atoms with Crippen LogP contribution in [0.1, 0.15) is 16.8 Å². The molecular formula is C12H14N2O5. The van der Waals surface area contributed by atoms with Crippen molar-refractivity contribution >= 4 is 11.9 Å². The van der Waals surface area contributed by atoms with Crippen molar-refractivity contribution in [2.45, 2.75) is 12.5 Å². The second kappa shape index (κ2) is 5.66. The Balaban J connectivity index is 2.07. The minimum Gasteiger partial charge on any atom is -0.505 e. The molecule has 2 heterocycles. The third-order valence-corrected chi connectivity index (χ3v) is 2.86. The molecule has 1 aromatic rings. The number of pyridine rings is 1. The Morgan fingerprint density at radius 1 is 1.53 bits per heavy atom. The van der Waals surface area contributed by atoms with Crippen molar-refractivity contribution in [2.24, 2.45) is 0 Å². The van der Waals surface area contributed by atoms with E-state index in [9.17, 15) is 14.7 Å². The molecule has 7 nitrogen and oxygen atoms in total. The lowest BCUT2D eigenvalue weighted by Gasteiger charge is -2.32. The van der Waals surface area contributed by atoms with Crippen molar-refractivity contribution in [3.8, 4) is 5.75 Å². The number of nitrogens with zero attached hydrogens (tertiary/aromatic N) is 2. The molecule has 1 atom stereocenters. The van der Waals surface area contributed by atoms with Crippen LogP contribution >= 0.6 is 0 Å². The zero-order chi connectivity index (χ0) is 13.8. The van der Waals surface area contributed by atoms with E-state index in [1.54, 1.807) is 0 Å². The van der Waals surface area contributed by atoms with Gasteiger partial charge >= 0.3 is 5.97 Å². The molecule has 102 valence electrons. The van der Waals surface area contributed by atoms with Gasteiger partial charge in [0.15, 0.2) is 0 Å². The largest absolute Gasteiger partial charge is 0.505 e. The molecule has 1 aliphatic rings. The summed E-state index contributed by atoms with van der Waals surface area (Å²) in [6.45, 7) is 0.860. The van der Waals surface area contributed by atoms with E-state index in [0.29, 0.717) is 6.54 Å². The van der Waals surface area contributed by atoms with Gasteiger partial charge in [-0.15, -0.1) is 0 Å². The lowest BCUT2D eigenvalue weighted by Crippen LogP contribution is -2.46. The van der Waals surface area contributed by atoms with Gasteiger partial charge in [0, 0.05) is 19.3 Å². The minimum atomic E-state index is -0.967. The van der Waals surface area contributed by atoms with Gasteiger partial charge in [-0.2, -0.15) is 0 Å². The van der Waals surface area contributed by atoms with Gasteiger partial charge in [-0.3, -0.25) is 14.6 Å². The van der Waals surface area contributed by atoms with Gasteiger partial charge in [-0.05, 0) is 6.07 Å². The molecule has 1 saturated heterocycles. The maximum atomic E-state index is 12.2. The van der Waals surface area contributed by atoms with Gasteiger partial charge in [0.05, 0.1) is 30.9 Å². The van der Waals surface area contributed by atoms with Crippen LogP contribution < -0.4 is 0 Å². The van der Waals surface area contributed by atoms with E-state index in [2.05, 4.69) is 4.98 Å². The van der Waals surface area contributed by atoms with Crippen LogP contribution in [0.3, 0.4) is 0 Å². The van der Waals surface area contributed by atoms with Crippen molar-refractivity contribution < 1.29 is 24.5 Å². The van der Waals surface area contributed by atoms with E-state index in [0.717, 1.165) is 0 Å². The SMILES string of the molecule is O=C(O)CC1CN(C(=O)c2ccncc2O)CCO1. The van der Waals surface area contributed by atoms with E-state index < -0.39 is 12.1 Å². The fourth-order valence-electron chi connectivity index (χ4n) is 1.96.